The number of piperidine rings is 1. The average molecular weight is 500 g/mol. The zero-order valence-corrected chi connectivity index (χ0v) is 21.2. The summed E-state index contributed by atoms with van der Waals surface area (Å²) in [6, 6.07) is 5.93. The number of aryl methyl sites for hydroxylation is 1. The number of carbonyl (C=O) groups excluding carboxylic acids is 4. The van der Waals surface area contributed by atoms with Crippen molar-refractivity contribution in [2.45, 2.75) is 69.5 Å². The van der Waals surface area contributed by atoms with Gasteiger partial charge in [0.1, 0.15) is 12.6 Å². The van der Waals surface area contributed by atoms with Gasteiger partial charge in [-0.05, 0) is 63.1 Å². The largest absolute Gasteiger partial charge is 0.448 e. The van der Waals surface area contributed by atoms with Crippen LogP contribution < -0.4 is 20.4 Å². The van der Waals surface area contributed by atoms with E-state index >= 15 is 0 Å². The van der Waals surface area contributed by atoms with Crippen LogP contribution in [0, 0.1) is 0 Å². The second-order valence-electron chi connectivity index (χ2n) is 10.1. The molecule has 3 aliphatic rings. The van der Waals surface area contributed by atoms with Gasteiger partial charge in [0, 0.05) is 39.1 Å². The second-order valence-corrected chi connectivity index (χ2v) is 10.1. The molecular formula is C26H37N5O5. The molecule has 3 unspecified atom stereocenters. The number of fused-ring (bicyclic) bond motifs is 1. The Kier molecular flexibility index (Phi) is 8.45. The number of nitrogens with one attached hydrogen (secondary N) is 2. The molecule has 3 aliphatic heterocycles. The Morgan fingerprint density at radius 1 is 1.22 bits per heavy atom. The summed E-state index contributed by atoms with van der Waals surface area (Å²) in [6.45, 7) is 2.02. The molecule has 3 atom stereocenters. The number of carbonyl (C=O) groups is 4. The maximum Gasteiger partial charge on any atom is 0.407 e. The number of benzene rings is 1. The van der Waals surface area contributed by atoms with Crippen molar-refractivity contribution in [3.05, 3.63) is 23.8 Å². The summed E-state index contributed by atoms with van der Waals surface area (Å²) in [6.07, 6.45) is 6.90. The van der Waals surface area contributed by atoms with Gasteiger partial charge in [0.25, 0.3) is 0 Å². The van der Waals surface area contributed by atoms with Crippen molar-refractivity contribution in [3.8, 4) is 0 Å². The lowest BCUT2D eigenvalue weighted by Gasteiger charge is -2.33. The van der Waals surface area contributed by atoms with E-state index < -0.39 is 11.9 Å². The molecule has 0 bridgehead atoms. The molecule has 3 saturated heterocycles. The maximum absolute atomic E-state index is 12.4. The molecule has 1 aromatic rings. The predicted molar refractivity (Wildman–Crippen MR) is 136 cm³/mol. The molecular weight excluding hydrogens is 462 g/mol. The summed E-state index contributed by atoms with van der Waals surface area (Å²) in [5.41, 5.74) is 2.45. The number of ether oxygens (including phenoxy) is 1. The average Bonchev–Trinajstić information content (AvgIpc) is 3.46. The van der Waals surface area contributed by atoms with Crippen LogP contribution in [0.15, 0.2) is 18.2 Å². The number of para-hydroxylation sites is 1. The predicted octanol–water partition coefficient (Wildman–Crippen LogP) is 1.81. The summed E-state index contributed by atoms with van der Waals surface area (Å²) in [7, 11) is 3.78. The Bertz CT molecular complexity index is 983. The molecule has 1 aromatic carbocycles. The SMILES string of the molecule is CN(C)c1c(CCCNC(=O)OCC2CCC3CCCN32)cccc1N(C=O)C1CCC(=O)NC1=O. The molecule has 4 rings (SSSR count). The Morgan fingerprint density at radius 3 is 2.81 bits per heavy atom. The van der Waals surface area contributed by atoms with Crippen LogP contribution in [-0.4, -0.2) is 81.1 Å². The monoisotopic (exact) mass is 499 g/mol. The number of hydrogen-bond acceptors (Lipinski definition) is 7. The van der Waals surface area contributed by atoms with Gasteiger partial charge in [0.05, 0.1) is 11.4 Å². The Hall–Kier alpha value is -3.14. The third kappa shape index (κ3) is 5.80. The number of nitrogens with zero attached hydrogens (tertiary/aromatic N) is 3. The zero-order valence-electron chi connectivity index (χ0n) is 21.2. The quantitative estimate of drug-likeness (QED) is 0.287. The Labute approximate surface area is 212 Å². The topological polar surface area (TPSA) is 111 Å². The first-order valence-electron chi connectivity index (χ1n) is 12.9. The Morgan fingerprint density at radius 2 is 2.06 bits per heavy atom. The minimum atomic E-state index is -0.735. The molecule has 3 fully saturated rings. The first kappa shape index (κ1) is 25.9. The van der Waals surface area contributed by atoms with Gasteiger partial charge in [-0.25, -0.2) is 4.79 Å². The molecule has 0 aromatic heterocycles. The first-order chi connectivity index (χ1) is 17.4. The second kappa shape index (κ2) is 11.7. The van der Waals surface area contributed by atoms with Crippen LogP contribution in [0.2, 0.25) is 0 Å². The van der Waals surface area contributed by atoms with E-state index in [1.54, 1.807) is 6.07 Å². The van der Waals surface area contributed by atoms with Crippen LogP contribution in [0.5, 0.6) is 0 Å². The van der Waals surface area contributed by atoms with Crippen molar-refractivity contribution in [2.75, 3.05) is 43.6 Å². The van der Waals surface area contributed by atoms with Crippen molar-refractivity contribution in [1.29, 1.82) is 0 Å². The number of amides is 4. The number of alkyl carbamates (subject to hydrolysis) is 1. The van der Waals surface area contributed by atoms with Crippen molar-refractivity contribution in [2.24, 2.45) is 0 Å². The normalized spacial score (nSPS) is 23.7. The summed E-state index contributed by atoms with van der Waals surface area (Å²) in [4.78, 5) is 54.0. The van der Waals surface area contributed by atoms with Crippen molar-refractivity contribution < 1.29 is 23.9 Å². The van der Waals surface area contributed by atoms with E-state index in [1.165, 1.54) is 24.2 Å². The van der Waals surface area contributed by atoms with Gasteiger partial charge in [0.2, 0.25) is 18.2 Å². The van der Waals surface area contributed by atoms with E-state index in [0.717, 1.165) is 24.2 Å². The van der Waals surface area contributed by atoms with Gasteiger partial charge in [-0.3, -0.25) is 24.6 Å². The van der Waals surface area contributed by atoms with Crippen LogP contribution >= 0.6 is 0 Å². The molecule has 0 spiro atoms. The minimum absolute atomic E-state index is 0.193. The summed E-state index contributed by atoms with van der Waals surface area (Å²) >= 11 is 0. The highest BCUT2D eigenvalue weighted by molar-refractivity contribution is 6.04. The van der Waals surface area contributed by atoms with E-state index in [4.69, 9.17) is 4.74 Å². The number of anilines is 2. The molecule has 196 valence electrons. The lowest BCUT2D eigenvalue weighted by atomic mass is 10.0. The molecule has 36 heavy (non-hydrogen) atoms. The fraction of sp³-hybridized carbons (Fsp3) is 0.615. The van der Waals surface area contributed by atoms with Crippen LogP contribution in [-0.2, 0) is 25.5 Å². The lowest BCUT2D eigenvalue weighted by molar-refractivity contribution is -0.134. The van der Waals surface area contributed by atoms with Gasteiger partial charge in [0.15, 0.2) is 0 Å². The van der Waals surface area contributed by atoms with Crippen LogP contribution in [0.4, 0.5) is 16.2 Å². The van der Waals surface area contributed by atoms with E-state index in [1.807, 2.05) is 31.1 Å². The van der Waals surface area contributed by atoms with Gasteiger partial charge >= 0.3 is 6.09 Å². The third-order valence-electron chi connectivity index (χ3n) is 7.51. The van der Waals surface area contributed by atoms with Gasteiger partial charge in [-0.2, -0.15) is 0 Å². The highest BCUT2D eigenvalue weighted by Gasteiger charge is 2.37. The van der Waals surface area contributed by atoms with E-state index in [9.17, 15) is 19.2 Å². The number of hydrogen-bond donors (Lipinski definition) is 2. The van der Waals surface area contributed by atoms with Gasteiger partial charge in [-0.1, -0.05) is 12.1 Å². The highest BCUT2D eigenvalue weighted by atomic mass is 16.5. The number of imide groups is 1. The van der Waals surface area contributed by atoms with E-state index in [2.05, 4.69) is 15.5 Å². The highest BCUT2D eigenvalue weighted by Crippen LogP contribution is 2.35. The lowest BCUT2D eigenvalue weighted by Crippen LogP contribution is -2.52. The minimum Gasteiger partial charge on any atom is -0.448 e. The molecule has 0 aliphatic carbocycles. The first-order valence-corrected chi connectivity index (χ1v) is 12.9. The molecule has 0 radical (unpaired) electrons. The summed E-state index contributed by atoms with van der Waals surface area (Å²) < 4.78 is 5.49. The smallest absolute Gasteiger partial charge is 0.407 e. The summed E-state index contributed by atoms with van der Waals surface area (Å²) in [5, 5.41) is 5.17. The number of rotatable bonds is 10. The molecule has 10 nitrogen and oxygen atoms in total. The molecule has 0 saturated carbocycles. The molecule has 2 N–H and O–H groups in total. The van der Waals surface area contributed by atoms with Crippen molar-refractivity contribution in [3.63, 3.8) is 0 Å². The van der Waals surface area contributed by atoms with Crippen LogP contribution in [0.1, 0.15) is 50.5 Å². The van der Waals surface area contributed by atoms with Gasteiger partial charge < -0.3 is 19.9 Å². The molecule has 10 heteroatoms. The fourth-order valence-electron chi connectivity index (χ4n) is 5.82. The molecule has 4 amide bonds. The van der Waals surface area contributed by atoms with Crippen LogP contribution in [0.25, 0.3) is 0 Å². The van der Waals surface area contributed by atoms with Crippen molar-refractivity contribution in [1.82, 2.24) is 15.5 Å². The zero-order chi connectivity index (χ0) is 25.7. The summed E-state index contributed by atoms with van der Waals surface area (Å²) in [5.74, 6) is -0.785. The van der Waals surface area contributed by atoms with Crippen LogP contribution in [0.3, 0.4) is 0 Å². The Balaban J connectivity index is 1.31. The van der Waals surface area contributed by atoms with E-state index in [0.29, 0.717) is 50.2 Å². The standard InChI is InChI=1S/C26H37N5O5/c1-29(2)24-18(6-3-9-21(24)31(17-32)22-12-13-23(33)28-25(22)34)7-4-14-27-26(35)36-16-20-11-10-19-8-5-15-30(19)20/h3,6,9,17,19-20,22H,4-5,7-8,10-16H2,1-2H3,(H,27,35)(H,28,33,34). The fourth-order valence-corrected chi connectivity index (χ4v) is 5.82. The van der Waals surface area contributed by atoms with Crippen molar-refractivity contribution >= 4 is 35.7 Å². The van der Waals surface area contributed by atoms with E-state index in [-0.39, 0.29) is 24.8 Å². The maximum atomic E-state index is 12.4. The third-order valence-corrected chi connectivity index (χ3v) is 7.51. The molecule has 3 heterocycles. The van der Waals surface area contributed by atoms with Gasteiger partial charge in [-0.15, -0.1) is 0 Å².